The summed E-state index contributed by atoms with van der Waals surface area (Å²) in [7, 11) is 0. The first-order chi connectivity index (χ1) is 11.4. The van der Waals surface area contributed by atoms with Crippen LogP contribution in [0.25, 0.3) is 0 Å². The SMILES string of the molecule is CC(C)CC(CNC(=O)c1cc(F)c(F)cc1Cl)N1CCOCC1. The van der Waals surface area contributed by atoms with Crippen LogP contribution in [0, 0.1) is 17.6 Å². The molecule has 0 saturated carbocycles. The minimum atomic E-state index is -1.09. The second kappa shape index (κ2) is 8.74. The molecule has 1 amide bonds. The van der Waals surface area contributed by atoms with Gasteiger partial charge in [-0.1, -0.05) is 25.4 Å². The molecule has 1 aliphatic heterocycles. The van der Waals surface area contributed by atoms with Crippen molar-refractivity contribution >= 4 is 17.5 Å². The lowest BCUT2D eigenvalue weighted by molar-refractivity contribution is 0.0124. The van der Waals surface area contributed by atoms with Gasteiger partial charge in [0.2, 0.25) is 0 Å². The molecule has 0 radical (unpaired) electrons. The second-order valence-corrected chi connectivity index (χ2v) is 6.80. The van der Waals surface area contributed by atoms with Gasteiger partial charge in [0.25, 0.3) is 5.91 Å². The van der Waals surface area contributed by atoms with Crippen LogP contribution in [0.1, 0.15) is 30.6 Å². The number of benzene rings is 1. The Morgan fingerprint density at radius 1 is 1.29 bits per heavy atom. The molecule has 0 bridgehead atoms. The number of nitrogens with one attached hydrogen (secondary N) is 1. The molecular formula is C17H23ClF2N2O2. The molecule has 0 aliphatic carbocycles. The maximum Gasteiger partial charge on any atom is 0.252 e. The molecule has 1 saturated heterocycles. The molecule has 0 spiro atoms. The Hall–Kier alpha value is -1.24. The van der Waals surface area contributed by atoms with E-state index in [0.29, 0.717) is 25.7 Å². The van der Waals surface area contributed by atoms with Crippen molar-refractivity contribution in [2.45, 2.75) is 26.3 Å². The van der Waals surface area contributed by atoms with E-state index in [0.717, 1.165) is 31.6 Å². The zero-order chi connectivity index (χ0) is 17.7. The summed E-state index contributed by atoms with van der Waals surface area (Å²) in [5, 5.41) is 2.70. The van der Waals surface area contributed by atoms with Gasteiger partial charge in [-0.3, -0.25) is 9.69 Å². The number of carbonyl (C=O) groups is 1. The highest BCUT2D eigenvalue weighted by molar-refractivity contribution is 6.33. The van der Waals surface area contributed by atoms with Crippen molar-refractivity contribution in [2.75, 3.05) is 32.8 Å². The standard InChI is InChI=1S/C17H23ClF2N2O2/c1-11(2)7-12(22-3-5-24-6-4-22)10-21-17(23)13-8-15(19)16(20)9-14(13)18/h8-9,11-12H,3-7,10H2,1-2H3,(H,21,23). The van der Waals surface area contributed by atoms with Crippen molar-refractivity contribution in [1.82, 2.24) is 10.2 Å². The summed E-state index contributed by atoms with van der Waals surface area (Å²) in [6.07, 6.45) is 0.922. The first kappa shape index (κ1) is 19.1. The number of halogens is 3. The van der Waals surface area contributed by atoms with Gasteiger partial charge in [-0.25, -0.2) is 8.78 Å². The van der Waals surface area contributed by atoms with Crippen LogP contribution in [0.3, 0.4) is 0 Å². The largest absolute Gasteiger partial charge is 0.379 e. The summed E-state index contributed by atoms with van der Waals surface area (Å²) in [5.74, 6) is -2.18. The van der Waals surface area contributed by atoms with E-state index in [1.54, 1.807) is 0 Å². The third-order valence-electron chi connectivity index (χ3n) is 4.06. The van der Waals surface area contributed by atoms with E-state index in [4.69, 9.17) is 16.3 Å². The summed E-state index contributed by atoms with van der Waals surface area (Å²) < 4.78 is 31.8. The molecule has 0 aromatic heterocycles. The van der Waals surface area contributed by atoms with Crippen LogP contribution < -0.4 is 5.32 Å². The fraction of sp³-hybridized carbons (Fsp3) is 0.588. The third-order valence-corrected chi connectivity index (χ3v) is 4.37. The number of rotatable bonds is 6. The van der Waals surface area contributed by atoms with Gasteiger partial charge in [-0.05, 0) is 24.5 Å². The maximum atomic E-state index is 13.3. The zero-order valence-corrected chi connectivity index (χ0v) is 14.7. The summed E-state index contributed by atoms with van der Waals surface area (Å²) in [5.41, 5.74) is -0.0548. The van der Waals surface area contributed by atoms with Gasteiger partial charge >= 0.3 is 0 Å². The highest BCUT2D eigenvalue weighted by atomic mass is 35.5. The zero-order valence-electron chi connectivity index (χ0n) is 13.9. The number of amides is 1. The fourth-order valence-corrected chi connectivity index (χ4v) is 3.09. The number of ether oxygens (including phenoxy) is 1. The van der Waals surface area contributed by atoms with Crippen LogP contribution in [0.15, 0.2) is 12.1 Å². The van der Waals surface area contributed by atoms with Gasteiger partial charge in [0.1, 0.15) is 0 Å². The predicted octanol–water partition coefficient (Wildman–Crippen LogP) is 3.09. The van der Waals surface area contributed by atoms with Crippen molar-refractivity contribution in [3.05, 3.63) is 34.4 Å². The van der Waals surface area contributed by atoms with Crippen LogP contribution >= 0.6 is 11.6 Å². The van der Waals surface area contributed by atoms with Crippen LogP contribution in [0.2, 0.25) is 5.02 Å². The molecule has 24 heavy (non-hydrogen) atoms. The Balaban J connectivity index is 2.02. The second-order valence-electron chi connectivity index (χ2n) is 6.39. The van der Waals surface area contributed by atoms with Gasteiger partial charge < -0.3 is 10.1 Å². The van der Waals surface area contributed by atoms with E-state index in [-0.39, 0.29) is 16.6 Å². The maximum absolute atomic E-state index is 13.3. The predicted molar refractivity (Wildman–Crippen MR) is 89.3 cm³/mol. The summed E-state index contributed by atoms with van der Waals surface area (Å²) in [4.78, 5) is 14.6. The van der Waals surface area contributed by atoms with Crippen LogP contribution in [-0.2, 0) is 4.74 Å². The number of carbonyl (C=O) groups excluding carboxylic acids is 1. The minimum Gasteiger partial charge on any atom is -0.379 e. The van der Waals surface area contributed by atoms with E-state index in [1.165, 1.54) is 0 Å². The van der Waals surface area contributed by atoms with Gasteiger partial charge in [-0.15, -0.1) is 0 Å². The Morgan fingerprint density at radius 3 is 2.54 bits per heavy atom. The molecule has 1 heterocycles. The Kier molecular flexibility index (Phi) is 6.95. The molecule has 1 unspecified atom stereocenters. The third kappa shape index (κ3) is 5.13. The number of nitrogens with zero attached hydrogens (tertiary/aromatic N) is 1. The van der Waals surface area contributed by atoms with Crippen LogP contribution in [0.5, 0.6) is 0 Å². The van der Waals surface area contributed by atoms with Gasteiger partial charge in [0.15, 0.2) is 11.6 Å². The molecule has 1 aliphatic rings. The molecule has 1 N–H and O–H groups in total. The molecule has 1 aromatic carbocycles. The van der Waals surface area contributed by atoms with Gasteiger partial charge in [0, 0.05) is 25.7 Å². The highest BCUT2D eigenvalue weighted by Crippen LogP contribution is 2.20. The summed E-state index contributed by atoms with van der Waals surface area (Å²) in [6, 6.07) is 1.82. The molecular weight excluding hydrogens is 338 g/mol. The van der Waals surface area contributed by atoms with Crippen molar-refractivity contribution < 1.29 is 18.3 Å². The molecule has 1 fully saturated rings. The van der Waals surface area contributed by atoms with Crippen LogP contribution in [-0.4, -0.2) is 49.7 Å². The normalized spacial score (nSPS) is 17.1. The number of hydrogen-bond donors (Lipinski definition) is 1. The quantitative estimate of drug-likeness (QED) is 0.793. The van der Waals surface area contributed by atoms with E-state index >= 15 is 0 Å². The first-order valence-corrected chi connectivity index (χ1v) is 8.50. The van der Waals surface area contributed by atoms with Gasteiger partial charge in [0.05, 0.1) is 23.8 Å². The van der Waals surface area contributed by atoms with Crippen molar-refractivity contribution in [3.63, 3.8) is 0 Å². The summed E-state index contributed by atoms with van der Waals surface area (Å²) >= 11 is 5.85. The number of hydrogen-bond acceptors (Lipinski definition) is 3. The first-order valence-electron chi connectivity index (χ1n) is 8.13. The Bertz CT molecular complexity index is 578. The molecule has 4 nitrogen and oxygen atoms in total. The average Bonchev–Trinajstić information content (AvgIpc) is 2.55. The van der Waals surface area contributed by atoms with Crippen molar-refractivity contribution in [1.29, 1.82) is 0 Å². The van der Waals surface area contributed by atoms with E-state index < -0.39 is 17.5 Å². The lowest BCUT2D eigenvalue weighted by Gasteiger charge is -2.35. The molecule has 134 valence electrons. The van der Waals surface area contributed by atoms with E-state index in [9.17, 15) is 13.6 Å². The average molecular weight is 361 g/mol. The highest BCUT2D eigenvalue weighted by Gasteiger charge is 2.23. The van der Waals surface area contributed by atoms with Gasteiger partial charge in [-0.2, -0.15) is 0 Å². The topological polar surface area (TPSA) is 41.6 Å². The fourth-order valence-electron chi connectivity index (χ4n) is 2.85. The lowest BCUT2D eigenvalue weighted by Crippen LogP contribution is -2.49. The van der Waals surface area contributed by atoms with Crippen LogP contribution in [0.4, 0.5) is 8.78 Å². The monoisotopic (exact) mass is 360 g/mol. The smallest absolute Gasteiger partial charge is 0.252 e. The minimum absolute atomic E-state index is 0.0548. The van der Waals surface area contributed by atoms with Crippen molar-refractivity contribution in [3.8, 4) is 0 Å². The molecule has 2 rings (SSSR count). The van der Waals surface area contributed by atoms with E-state index in [1.807, 2.05) is 0 Å². The number of morpholine rings is 1. The summed E-state index contributed by atoms with van der Waals surface area (Å²) in [6.45, 7) is 7.67. The lowest BCUT2D eigenvalue weighted by atomic mass is 10.0. The Labute approximate surface area is 146 Å². The van der Waals surface area contributed by atoms with E-state index in [2.05, 4.69) is 24.1 Å². The Morgan fingerprint density at radius 2 is 1.92 bits per heavy atom. The molecule has 7 heteroatoms. The van der Waals surface area contributed by atoms with Crippen molar-refractivity contribution in [2.24, 2.45) is 5.92 Å². The molecule has 1 atom stereocenters. The molecule has 1 aromatic rings.